The van der Waals surface area contributed by atoms with Crippen molar-refractivity contribution in [3.63, 3.8) is 0 Å². The van der Waals surface area contributed by atoms with Gasteiger partial charge < -0.3 is 21.5 Å². The molecule has 18 heavy (non-hydrogen) atoms. The Kier molecular flexibility index (Phi) is 4.82. The lowest BCUT2D eigenvalue weighted by atomic mass is 10.1. The predicted octanol–water partition coefficient (Wildman–Crippen LogP) is 0.00612. The van der Waals surface area contributed by atoms with E-state index in [9.17, 15) is 9.59 Å². The van der Waals surface area contributed by atoms with E-state index in [0.29, 0.717) is 11.3 Å². The Labute approximate surface area is 105 Å². The number of methoxy groups -OCH3 is 1. The smallest absolute Gasteiger partial charge is 0.248 e. The number of carbonyl (C=O) groups excluding carboxylic acids is 2. The van der Waals surface area contributed by atoms with Crippen LogP contribution in [0.1, 0.15) is 15.9 Å². The van der Waals surface area contributed by atoms with Crippen molar-refractivity contribution in [2.75, 3.05) is 19.0 Å². The van der Waals surface area contributed by atoms with Gasteiger partial charge in [-0.05, 0) is 30.7 Å². The molecular formula is C12H17N3O3. The number of aryl methyl sites for hydroxylation is 1. The minimum atomic E-state index is -0.731. The summed E-state index contributed by atoms with van der Waals surface area (Å²) in [6, 6.07) is 4.05. The van der Waals surface area contributed by atoms with E-state index in [0.717, 1.165) is 5.56 Å². The van der Waals surface area contributed by atoms with E-state index in [1.807, 2.05) is 0 Å². The molecule has 0 aliphatic rings. The first-order chi connectivity index (χ1) is 8.45. The van der Waals surface area contributed by atoms with Crippen LogP contribution in [0.4, 0.5) is 5.69 Å². The minimum Gasteiger partial charge on any atom is -0.383 e. The zero-order valence-corrected chi connectivity index (χ0v) is 10.4. The number of carbonyl (C=O) groups is 2. The molecule has 0 aromatic heterocycles. The van der Waals surface area contributed by atoms with Gasteiger partial charge in [0.2, 0.25) is 11.8 Å². The van der Waals surface area contributed by atoms with E-state index in [1.54, 1.807) is 25.1 Å². The second-order valence-corrected chi connectivity index (χ2v) is 3.95. The van der Waals surface area contributed by atoms with Gasteiger partial charge in [-0.2, -0.15) is 0 Å². The lowest BCUT2D eigenvalue weighted by Gasteiger charge is -2.13. The van der Waals surface area contributed by atoms with Crippen LogP contribution in [0.25, 0.3) is 0 Å². The molecule has 0 fully saturated rings. The van der Waals surface area contributed by atoms with Crippen LogP contribution in [-0.4, -0.2) is 31.6 Å². The zero-order valence-electron chi connectivity index (χ0n) is 10.4. The van der Waals surface area contributed by atoms with Crippen LogP contribution < -0.4 is 16.8 Å². The van der Waals surface area contributed by atoms with Gasteiger partial charge in [0.25, 0.3) is 0 Å². The Bertz CT molecular complexity index is 460. The normalized spacial score (nSPS) is 11.9. The number of rotatable bonds is 5. The molecule has 2 amide bonds. The number of hydrogen-bond donors (Lipinski definition) is 3. The molecule has 1 aromatic rings. The molecule has 0 saturated heterocycles. The second kappa shape index (κ2) is 6.13. The molecule has 0 saturated carbocycles. The number of hydrogen-bond acceptors (Lipinski definition) is 4. The molecule has 0 radical (unpaired) electrons. The van der Waals surface area contributed by atoms with Gasteiger partial charge >= 0.3 is 0 Å². The summed E-state index contributed by atoms with van der Waals surface area (Å²) in [5.41, 5.74) is 12.5. The summed E-state index contributed by atoms with van der Waals surface area (Å²) in [6.07, 6.45) is 0. The lowest BCUT2D eigenvalue weighted by Crippen LogP contribution is -2.39. The molecule has 1 aromatic carbocycles. The molecule has 1 unspecified atom stereocenters. The van der Waals surface area contributed by atoms with Crippen molar-refractivity contribution < 1.29 is 14.3 Å². The summed E-state index contributed by atoms with van der Waals surface area (Å²) in [6.45, 7) is 1.91. The average molecular weight is 251 g/mol. The van der Waals surface area contributed by atoms with Crippen molar-refractivity contribution in [1.82, 2.24) is 0 Å². The van der Waals surface area contributed by atoms with Crippen LogP contribution in [-0.2, 0) is 9.53 Å². The van der Waals surface area contributed by atoms with E-state index in [-0.39, 0.29) is 12.5 Å². The van der Waals surface area contributed by atoms with Crippen molar-refractivity contribution in [2.24, 2.45) is 11.5 Å². The molecule has 1 rings (SSSR count). The quantitative estimate of drug-likeness (QED) is 0.684. The molecule has 98 valence electrons. The standard InChI is InChI=1S/C12H17N3O3/c1-7-5-8(11(14)16)3-4-10(7)15-12(17)9(13)6-18-2/h3-5,9H,6,13H2,1-2H3,(H2,14,16)(H,15,17). The molecule has 6 nitrogen and oxygen atoms in total. The van der Waals surface area contributed by atoms with Gasteiger partial charge in [0.15, 0.2) is 0 Å². The highest BCUT2D eigenvalue weighted by atomic mass is 16.5. The Hall–Kier alpha value is -1.92. The highest BCUT2D eigenvalue weighted by molar-refractivity contribution is 5.97. The summed E-state index contributed by atoms with van der Waals surface area (Å²) in [7, 11) is 1.47. The lowest BCUT2D eigenvalue weighted by molar-refractivity contribution is -0.118. The van der Waals surface area contributed by atoms with Crippen molar-refractivity contribution in [2.45, 2.75) is 13.0 Å². The first-order valence-electron chi connectivity index (χ1n) is 5.41. The highest BCUT2D eigenvalue weighted by Crippen LogP contribution is 2.16. The van der Waals surface area contributed by atoms with Crippen LogP contribution in [0.2, 0.25) is 0 Å². The van der Waals surface area contributed by atoms with Gasteiger partial charge in [-0.1, -0.05) is 0 Å². The third-order valence-electron chi connectivity index (χ3n) is 2.45. The summed E-state index contributed by atoms with van der Waals surface area (Å²) < 4.78 is 4.80. The van der Waals surface area contributed by atoms with Crippen molar-refractivity contribution in [3.05, 3.63) is 29.3 Å². The molecule has 1 atom stereocenters. The van der Waals surface area contributed by atoms with E-state index >= 15 is 0 Å². The fourth-order valence-corrected chi connectivity index (χ4v) is 1.44. The third-order valence-corrected chi connectivity index (χ3v) is 2.45. The van der Waals surface area contributed by atoms with Gasteiger partial charge in [-0.15, -0.1) is 0 Å². The third kappa shape index (κ3) is 3.54. The van der Waals surface area contributed by atoms with E-state index < -0.39 is 11.9 Å². The minimum absolute atomic E-state index is 0.143. The van der Waals surface area contributed by atoms with Crippen LogP contribution in [0.3, 0.4) is 0 Å². The average Bonchev–Trinajstić information content (AvgIpc) is 2.31. The maximum absolute atomic E-state index is 11.7. The Balaban J connectivity index is 2.79. The van der Waals surface area contributed by atoms with Gasteiger partial charge in [0, 0.05) is 18.4 Å². The SMILES string of the molecule is COCC(N)C(=O)Nc1ccc(C(N)=O)cc1C. The topological polar surface area (TPSA) is 107 Å². The Morgan fingerprint density at radius 3 is 2.61 bits per heavy atom. The van der Waals surface area contributed by atoms with Crippen LogP contribution in [0.5, 0.6) is 0 Å². The van der Waals surface area contributed by atoms with E-state index in [1.165, 1.54) is 7.11 Å². The van der Waals surface area contributed by atoms with E-state index in [2.05, 4.69) is 5.32 Å². The van der Waals surface area contributed by atoms with Crippen LogP contribution in [0.15, 0.2) is 18.2 Å². The largest absolute Gasteiger partial charge is 0.383 e. The van der Waals surface area contributed by atoms with E-state index in [4.69, 9.17) is 16.2 Å². The monoisotopic (exact) mass is 251 g/mol. The molecule has 0 aliphatic heterocycles. The van der Waals surface area contributed by atoms with Crippen molar-refractivity contribution >= 4 is 17.5 Å². The number of nitrogens with two attached hydrogens (primary N) is 2. The number of anilines is 1. The molecular weight excluding hydrogens is 234 g/mol. The van der Waals surface area contributed by atoms with Crippen molar-refractivity contribution in [3.8, 4) is 0 Å². The van der Waals surface area contributed by atoms with Gasteiger partial charge in [0.05, 0.1) is 6.61 Å². The summed E-state index contributed by atoms with van der Waals surface area (Å²) in [4.78, 5) is 22.6. The molecule has 0 heterocycles. The highest BCUT2D eigenvalue weighted by Gasteiger charge is 2.14. The fourth-order valence-electron chi connectivity index (χ4n) is 1.44. The zero-order chi connectivity index (χ0) is 13.7. The predicted molar refractivity (Wildman–Crippen MR) is 68.2 cm³/mol. The molecule has 5 N–H and O–H groups in total. The maximum atomic E-state index is 11.7. The van der Waals surface area contributed by atoms with Crippen molar-refractivity contribution in [1.29, 1.82) is 0 Å². The second-order valence-electron chi connectivity index (χ2n) is 3.95. The summed E-state index contributed by atoms with van der Waals surface area (Å²) >= 11 is 0. The van der Waals surface area contributed by atoms with Gasteiger partial charge in [-0.25, -0.2) is 0 Å². The number of ether oxygens (including phenoxy) is 1. The first kappa shape index (κ1) is 14.1. The van der Waals surface area contributed by atoms with Gasteiger partial charge in [0.1, 0.15) is 6.04 Å². The number of amides is 2. The molecule has 0 spiro atoms. The molecule has 0 bridgehead atoms. The first-order valence-corrected chi connectivity index (χ1v) is 5.41. The number of nitrogens with one attached hydrogen (secondary N) is 1. The van der Waals surface area contributed by atoms with Gasteiger partial charge in [-0.3, -0.25) is 9.59 Å². The summed E-state index contributed by atoms with van der Waals surface area (Å²) in [5, 5.41) is 2.66. The van der Waals surface area contributed by atoms with Crippen LogP contribution in [0, 0.1) is 6.92 Å². The van der Waals surface area contributed by atoms with Crippen LogP contribution >= 0.6 is 0 Å². The Morgan fingerprint density at radius 1 is 1.44 bits per heavy atom. The summed E-state index contributed by atoms with van der Waals surface area (Å²) in [5.74, 6) is -0.848. The Morgan fingerprint density at radius 2 is 2.11 bits per heavy atom. The molecule has 0 aliphatic carbocycles. The number of benzene rings is 1. The number of primary amides is 1. The fraction of sp³-hybridized carbons (Fsp3) is 0.333. The maximum Gasteiger partial charge on any atom is 0.248 e. The molecule has 6 heteroatoms.